The second-order valence-corrected chi connectivity index (χ2v) is 8.83. The topological polar surface area (TPSA) is 84.5 Å². The van der Waals surface area contributed by atoms with Crippen LogP contribution in [0.25, 0.3) is 16.9 Å². The molecule has 7 nitrogen and oxygen atoms in total. The van der Waals surface area contributed by atoms with Crippen molar-refractivity contribution in [1.29, 1.82) is 0 Å². The Balaban J connectivity index is 1.31. The van der Waals surface area contributed by atoms with Crippen molar-refractivity contribution >= 4 is 44.9 Å². The van der Waals surface area contributed by atoms with E-state index in [1.54, 1.807) is 22.8 Å². The quantitative estimate of drug-likeness (QED) is 0.269. The van der Waals surface area contributed by atoms with Crippen LogP contribution < -0.4 is 10.6 Å². The maximum Gasteiger partial charge on any atom is 0.287 e. The number of anilines is 1. The van der Waals surface area contributed by atoms with Crippen LogP contribution in [0.4, 0.5) is 5.82 Å². The van der Waals surface area contributed by atoms with Gasteiger partial charge < -0.3 is 15.1 Å². The van der Waals surface area contributed by atoms with Crippen LogP contribution in [0, 0.1) is 0 Å². The van der Waals surface area contributed by atoms with Crippen LogP contribution in [0.2, 0.25) is 5.02 Å². The fraction of sp³-hybridized carbons (Fsp3) is 0.0800. The highest BCUT2D eigenvalue weighted by Gasteiger charge is 2.13. The second-order valence-electron chi connectivity index (χ2n) is 7.56. The molecule has 3 heterocycles. The van der Waals surface area contributed by atoms with Gasteiger partial charge in [0.05, 0.1) is 22.6 Å². The summed E-state index contributed by atoms with van der Waals surface area (Å²) >= 11 is 9.94. The smallest absolute Gasteiger partial charge is 0.287 e. The minimum absolute atomic E-state index is 0.239. The van der Waals surface area contributed by atoms with Gasteiger partial charge in [-0.05, 0) is 45.3 Å². The van der Waals surface area contributed by atoms with Crippen molar-refractivity contribution in [2.75, 3.05) is 5.32 Å². The van der Waals surface area contributed by atoms with Gasteiger partial charge in [-0.15, -0.1) is 0 Å². The lowest BCUT2D eigenvalue weighted by atomic mass is 10.1. The molecule has 5 rings (SSSR count). The summed E-state index contributed by atoms with van der Waals surface area (Å²) in [5, 5.41) is 11.4. The molecule has 0 spiro atoms. The standard InChI is InChI=1S/C25H19BrClN5O2/c26-19-15-30-32-23(12-21(31-24(19)32)18-4-1-2-5-20(18)27)28-13-16-7-9-17(10-8-16)14-29-25(33)22-6-3-11-34-22/h1-12,15,28H,13-14H2,(H,29,33). The van der Waals surface area contributed by atoms with E-state index < -0.39 is 0 Å². The van der Waals surface area contributed by atoms with Crippen molar-refractivity contribution in [1.82, 2.24) is 19.9 Å². The Labute approximate surface area is 208 Å². The number of carbonyl (C=O) groups is 1. The molecule has 0 unspecified atom stereocenters. The number of carbonyl (C=O) groups excluding carboxylic acids is 1. The van der Waals surface area contributed by atoms with E-state index in [0.717, 1.165) is 32.7 Å². The number of hydrogen-bond donors (Lipinski definition) is 2. The van der Waals surface area contributed by atoms with Crippen LogP contribution in [-0.4, -0.2) is 20.5 Å². The van der Waals surface area contributed by atoms with Crippen LogP contribution in [0.1, 0.15) is 21.7 Å². The highest BCUT2D eigenvalue weighted by molar-refractivity contribution is 9.10. The monoisotopic (exact) mass is 535 g/mol. The maximum atomic E-state index is 12.0. The SMILES string of the molecule is O=C(NCc1ccc(CNc2cc(-c3ccccc3Cl)nc3c(Br)cnn23)cc1)c1ccco1. The summed E-state index contributed by atoms with van der Waals surface area (Å²) in [5.74, 6) is 0.850. The first-order chi connectivity index (χ1) is 16.6. The predicted molar refractivity (Wildman–Crippen MR) is 135 cm³/mol. The number of fused-ring (bicyclic) bond motifs is 1. The Hall–Kier alpha value is -3.62. The second kappa shape index (κ2) is 9.70. The predicted octanol–water partition coefficient (Wildman–Crippen LogP) is 5.95. The van der Waals surface area contributed by atoms with Gasteiger partial charge in [0.1, 0.15) is 5.82 Å². The third kappa shape index (κ3) is 4.69. The zero-order valence-electron chi connectivity index (χ0n) is 17.8. The third-order valence-electron chi connectivity index (χ3n) is 5.27. The number of furan rings is 1. The molecule has 5 aromatic rings. The minimum Gasteiger partial charge on any atom is -0.459 e. The lowest BCUT2D eigenvalue weighted by Crippen LogP contribution is -2.22. The molecule has 0 fully saturated rings. The van der Waals surface area contributed by atoms with Crippen molar-refractivity contribution in [3.05, 3.63) is 106 Å². The summed E-state index contributed by atoms with van der Waals surface area (Å²) in [6.45, 7) is 0.998. The Kier molecular flexibility index (Phi) is 6.33. The molecule has 170 valence electrons. The fourth-order valence-electron chi connectivity index (χ4n) is 3.51. The summed E-state index contributed by atoms with van der Waals surface area (Å²) < 4.78 is 7.66. The van der Waals surface area contributed by atoms with E-state index in [1.807, 2.05) is 54.6 Å². The first kappa shape index (κ1) is 22.2. The average molecular weight is 537 g/mol. The van der Waals surface area contributed by atoms with Gasteiger partial charge >= 0.3 is 0 Å². The summed E-state index contributed by atoms with van der Waals surface area (Å²) in [6.07, 6.45) is 3.20. The summed E-state index contributed by atoms with van der Waals surface area (Å²) in [5.41, 5.74) is 4.37. The van der Waals surface area contributed by atoms with Gasteiger partial charge in [0.25, 0.3) is 5.91 Å². The lowest BCUT2D eigenvalue weighted by Gasteiger charge is -2.12. The third-order valence-corrected chi connectivity index (χ3v) is 6.16. The molecule has 0 saturated carbocycles. The molecule has 9 heteroatoms. The van der Waals surface area contributed by atoms with Crippen molar-refractivity contribution in [3.63, 3.8) is 0 Å². The Bertz CT molecular complexity index is 1450. The molecule has 2 aromatic carbocycles. The number of benzene rings is 2. The lowest BCUT2D eigenvalue weighted by molar-refractivity contribution is 0.0923. The largest absolute Gasteiger partial charge is 0.459 e. The number of aromatic nitrogens is 3. The number of nitrogens with zero attached hydrogens (tertiary/aromatic N) is 3. The van der Waals surface area contributed by atoms with Gasteiger partial charge in [0.2, 0.25) is 0 Å². The maximum absolute atomic E-state index is 12.0. The summed E-state index contributed by atoms with van der Waals surface area (Å²) in [7, 11) is 0. The highest BCUT2D eigenvalue weighted by atomic mass is 79.9. The fourth-order valence-corrected chi connectivity index (χ4v) is 4.09. The van der Waals surface area contributed by atoms with Gasteiger partial charge in [-0.25, -0.2) is 4.98 Å². The van der Waals surface area contributed by atoms with Crippen LogP contribution in [-0.2, 0) is 13.1 Å². The van der Waals surface area contributed by atoms with Crippen LogP contribution in [0.5, 0.6) is 0 Å². The number of nitrogens with one attached hydrogen (secondary N) is 2. The molecule has 0 aliphatic carbocycles. The van der Waals surface area contributed by atoms with Crippen LogP contribution in [0.15, 0.2) is 88.1 Å². The molecule has 1 amide bonds. The minimum atomic E-state index is -0.239. The first-order valence-corrected chi connectivity index (χ1v) is 11.7. The van der Waals surface area contributed by atoms with E-state index >= 15 is 0 Å². The van der Waals surface area contributed by atoms with E-state index in [0.29, 0.717) is 29.5 Å². The van der Waals surface area contributed by atoms with Crippen molar-refractivity contribution in [3.8, 4) is 11.3 Å². The molecule has 0 aliphatic heterocycles. The van der Waals surface area contributed by atoms with Crippen molar-refractivity contribution < 1.29 is 9.21 Å². The summed E-state index contributed by atoms with van der Waals surface area (Å²) in [6, 6.07) is 20.9. The Morgan fingerprint density at radius 2 is 1.79 bits per heavy atom. The van der Waals surface area contributed by atoms with Gasteiger partial charge in [-0.2, -0.15) is 9.61 Å². The molecular formula is C25H19BrClN5O2. The van der Waals surface area contributed by atoms with Gasteiger partial charge in [-0.3, -0.25) is 4.79 Å². The molecule has 2 N–H and O–H groups in total. The molecule has 3 aromatic heterocycles. The number of hydrogen-bond acceptors (Lipinski definition) is 5. The van der Waals surface area contributed by atoms with Crippen LogP contribution >= 0.6 is 27.5 Å². The normalized spacial score (nSPS) is 11.0. The van der Waals surface area contributed by atoms with Crippen molar-refractivity contribution in [2.45, 2.75) is 13.1 Å². The zero-order valence-corrected chi connectivity index (χ0v) is 20.2. The number of amides is 1. The number of rotatable bonds is 7. The Morgan fingerprint density at radius 3 is 2.53 bits per heavy atom. The average Bonchev–Trinajstić information content (AvgIpc) is 3.53. The Morgan fingerprint density at radius 1 is 1.03 bits per heavy atom. The molecule has 0 atom stereocenters. The molecule has 0 bridgehead atoms. The van der Waals surface area contributed by atoms with Crippen LogP contribution in [0.3, 0.4) is 0 Å². The number of halogens is 2. The highest BCUT2D eigenvalue weighted by Crippen LogP contribution is 2.30. The van der Waals surface area contributed by atoms with Gasteiger partial charge in [0.15, 0.2) is 11.4 Å². The van der Waals surface area contributed by atoms with Gasteiger partial charge in [-0.1, -0.05) is 54.1 Å². The molecule has 0 saturated heterocycles. The van der Waals surface area contributed by atoms with Gasteiger partial charge in [0, 0.05) is 29.7 Å². The van der Waals surface area contributed by atoms with E-state index in [-0.39, 0.29) is 5.91 Å². The van der Waals surface area contributed by atoms with Crippen molar-refractivity contribution in [2.24, 2.45) is 0 Å². The molecule has 0 aliphatic rings. The first-order valence-electron chi connectivity index (χ1n) is 10.5. The molecule has 0 radical (unpaired) electrons. The van der Waals surface area contributed by atoms with E-state index in [4.69, 9.17) is 21.0 Å². The summed E-state index contributed by atoms with van der Waals surface area (Å²) in [4.78, 5) is 16.8. The zero-order chi connectivity index (χ0) is 23.5. The van der Waals surface area contributed by atoms with E-state index in [2.05, 4.69) is 31.7 Å². The molecule has 34 heavy (non-hydrogen) atoms. The van der Waals surface area contributed by atoms with E-state index in [1.165, 1.54) is 6.26 Å². The molecular weight excluding hydrogens is 518 g/mol. The van der Waals surface area contributed by atoms with E-state index in [9.17, 15) is 4.79 Å².